The minimum absolute atomic E-state index is 0.0664. The molecule has 0 bridgehead atoms. The SMILES string of the molecule is Cc1ccc(N2NC(C(=O)Nc3ccccc3CN3CCCC(C(N)=O)C3)=NCC2=O)cc1. The van der Waals surface area contributed by atoms with Gasteiger partial charge >= 0.3 is 0 Å². The Bertz CT molecular complexity index is 1080. The molecular weight excluding hydrogens is 420 g/mol. The van der Waals surface area contributed by atoms with Crippen LogP contribution in [-0.4, -0.2) is 48.1 Å². The highest BCUT2D eigenvalue weighted by Gasteiger charge is 2.27. The minimum atomic E-state index is -0.430. The van der Waals surface area contributed by atoms with Gasteiger partial charge in [0.25, 0.3) is 11.8 Å². The van der Waals surface area contributed by atoms with Crippen molar-refractivity contribution >= 4 is 34.9 Å². The summed E-state index contributed by atoms with van der Waals surface area (Å²) in [5.74, 6) is -1.02. The lowest BCUT2D eigenvalue weighted by Gasteiger charge is -2.31. The number of carbonyl (C=O) groups is 3. The van der Waals surface area contributed by atoms with Gasteiger partial charge in [-0.3, -0.25) is 29.7 Å². The Morgan fingerprint density at radius 1 is 1.18 bits per heavy atom. The second-order valence-electron chi connectivity index (χ2n) is 8.43. The van der Waals surface area contributed by atoms with Crippen molar-refractivity contribution in [2.24, 2.45) is 16.6 Å². The molecule has 9 heteroatoms. The van der Waals surface area contributed by atoms with E-state index in [-0.39, 0.29) is 30.1 Å². The van der Waals surface area contributed by atoms with Crippen LogP contribution in [0.5, 0.6) is 0 Å². The van der Waals surface area contributed by atoms with Crippen molar-refractivity contribution in [1.82, 2.24) is 10.3 Å². The molecule has 1 saturated heterocycles. The zero-order valence-corrected chi connectivity index (χ0v) is 18.6. The van der Waals surface area contributed by atoms with Gasteiger partial charge in [0.2, 0.25) is 11.7 Å². The van der Waals surface area contributed by atoms with Crippen molar-refractivity contribution < 1.29 is 14.4 Å². The number of nitrogens with two attached hydrogens (primary N) is 1. The number of anilines is 2. The number of hydrazine groups is 1. The maximum atomic E-state index is 13.0. The molecular formula is C24H28N6O3. The molecule has 0 radical (unpaired) electrons. The first-order valence-electron chi connectivity index (χ1n) is 11.0. The summed E-state index contributed by atoms with van der Waals surface area (Å²) in [7, 11) is 0. The number of benzene rings is 2. The van der Waals surface area contributed by atoms with Crippen LogP contribution in [0.25, 0.3) is 0 Å². The van der Waals surface area contributed by atoms with E-state index in [2.05, 4.69) is 20.6 Å². The van der Waals surface area contributed by atoms with E-state index < -0.39 is 5.91 Å². The van der Waals surface area contributed by atoms with E-state index >= 15 is 0 Å². The first-order chi connectivity index (χ1) is 15.9. The lowest BCUT2D eigenvalue weighted by Crippen LogP contribution is -2.54. The highest BCUT2D eigenvalue weighted by molar-refractivity contribution is 6.43. The molecule has 3 amide bonds. The summed E-state index contributed by atoms with van der Waals surface area (Å²) in [4.78, 5) is 43.2. The fourth-order valence-electron chi connectivity index (χ4n) is 4.08. The number of hydrogen-bond donors (Lipinski definition) is 3. The van der Waals surface area contributed by atoms with Gasteiger partial charge in [-0.15, -0.1) is 0 Å². The zero-order chi connectivity index (χ0) is 23.4. The number of hydrogen-bond acceptors (Lipinski definition) is 6. The third kappa shape index (κ3) is 5.38. The van der Waals surface area contributed by atoms with Gasteiger partial charge in [0.15, 0.2) is 0 Å². The maximum absolute atomic E-state index is 13.0. The van der Waals surface area contributed by atoms with Crippen LogP contribution >= 0.6 is 0 Å². The molecule has 33 heavy (non-hydrogen) atoms. The quantitative estimate of drug-likeness (QED) is 0.620. The molecule has 0 aliphatic carbocycles. The van der Waals surface area contributed by atoms with Crippen molar-refractivity contribution in [3.05, 3.63) is 59.7 Å². The van der Waals surface area contributed by atoms with Crippen molar-refractivity contribution in [3.63, 3.8) is 0 Å². The van der Waals surface area contributed by atoms with Gasteiger partial charge in [-0.05, 0) is 50.1 Å². The highest BCUT2D eigenvalue weighted by atomic mass is 16.2. The van der Waals surface area contributed by atoms with Crippen LogP contribution < -0.4 is 21.5 Å². The summed E-state index contributed by atoms with van der Waals surface area (Å²) < 4.78 is 0. The monoisotopic (exact) mass is 448 g/mol. The molecule has 2 aromatic rings. The van der Waals surface area contributed by atoms with Crippen LogP contribution in [-0.2, 0) is 20.9 Å². The molecule has 2 aliphatic rings. The molecule has 0 spiro atoms. The van der Waals surface area contributed by atoms with Crippen LogP contribution in [0.3, 0.4) is 0 Å². The largest absolute Gasteiger partial charge is 0.369 e. The fourth-order valence-corrected chi connectivity index (χ4v) is 4.08. The normalized spacial score (nSPS) is 18.9. The van der Waals surface area contributed by atoms with E-state index in [0.29, 0.717) is 24.5 Å². The second-order valence-corrected chi connectivity index (χ2v) is 8.43. The van der Waals surface area contributed by atoms with Gasteiger partial charge in [0.1, 0.15) is 6.54 Å². The van der Waals surface area contributed by atoms with Crippen LogP contribution in [0.2, 0.25) is 0 Å². The number of amides is 3. The zero-order valence-electron chi connectivity index (χ0n) is 18.6. The van der Waals surface area contributed by atoms with Crippen LogP contribution in [0.4, 0.5) is 11.4 Å². The number of piperidine rings is 1. The Hall–Kier alpha value is -3.72. The summed E-state index contributed by atoms with van der Waals surface area (Å²) in [6.45, 7) is 3.92. The van der Waals surface area contributed by atoms with E-state index in [1.807, 2.05) is 55.5 Å². The second kappa shape index (κ2) is 9.83. The van der Waals surface area contributed by atoms with E-state index in [0.717, 1.165) is 30.5 Å². The molecule has 4 rings (SSSR count). The number of primary amides is 1. The van der Waals surface area contributed by atoms with Crippen LogP contribution in [0.1, 0.15) is 24.0 Å². The van der Waals surface area contributed by atoms with E-state index in [9.17, 15) is 14.4 Å². The van der Waals surface area contributed by atoms with E-state index in [4.69, 9.17) is 5.73 Å². The lowest BCUT2D eigenvalue weighted by molar-refractivity contribution is -0.123. The van der Waals surface area contributed by atoms with E-state index in [1.165, 1.54) is 5.01 Å². The van der Waals surface area contributed by atoms with Gasteiger partial charge in [0.05, 0.1) is 11.6 Å². The number of amidine groups is 1. The van der Waals surface area contributed by atoms with Gasteiger partial charge in [-0.1, -0.05) is 35.9 Å². The summed E-state index contributed by atoms with van der Waals surface area (Å²) in [5.41, 5.74) is 11.6. The summed E-state index contributed by atoms with van der Waals surface area (Å²) in [6.07, 6.45) is 1.72. The third-order valence-electron chi connectivity index (χ3n) is 5.91. The van der Waals surface area contributed by atoms with Crippen molar-refractivity contribution in [3.8, 4) is 0 Å². The maximum Gasteiger partial charge on any atom is 0.292 e. The number of carbonyl (C=O) groups excluding carboxylic acids is 3. The number of aliphatic imine (C=N–C) groups is 1. The molecule has 2 heterocycles. The van der Waals surface area contributed by atoms with Crippen LogP contribution in [0.15, 0.2) is 53.5 Å². The Labute approximate surface area is 192 Å². The summed E-state index contributed by atoms with van der Waals surface area (Å²) >= 11 is 0. The third-order valence-corrected chi connectivity index (χ3v) is 5.91. The average Bonchev–Trinajstić information content (AvgIpc) is 2.81. The van der Waals surface area contributed by atoms with Crippen molar-refractivity contribution in [2.75, 3.05) is 30.0 Å². The number of nitrogens with one attached hydrogen (secondary N) is 2. The highest BCUT2D eigenvalue weighted by Crippen LogP contribution is 2.22. The molecule has 1 atom stereocenters. The van der Waals surface area contributed by atoms with Gasteiger partial charge in [0, 0.05) is 18.8 Å². The first-order valence-corrected chi connectivity index (χ1v) is 11.0. The molecule has 4 N–H and O–H groups in total. The van der Waals surface area contributed by atoms with E-state index in [1.54, 1.807) is 0 Å². The molecule has 1 fully saturated rings. The van der Waals surface area contributed by atoms with Gasteiger partial charge in [-0.25, -0.2) is 5.01 Å². The molecule has 0 aromatic heterocycles. The predicted octanol–water partition coefficient (Wildman–Crippen LogP) is 1.58. The summed E-state index contributed by atoms with van der Waals surface area (Å²) in [5, 5.41) is 4.25. The topological polar surface area (TPSA) is 120 Å². The van der Waals surface area contributed by atoms with Crippen molar-refractivity contribution in [1.29, 1.82) is 0 Å². The van der Waals surface area contributed by atoms with Gasteiger partial charge in [-0.2, -0.15) is 0 Å². The van der Waals surface area contributed by atoms with Crippen LogP contribution in [0, 0.1) is 12.8 Å². The first kappa shape index (κ1) is 22.5. The molecule has 172 valence electrons. The molecule has 2 aliphatic heterocycles. The Morgan fingerprint density at radius 2 is 1.94 bits per heavy atom. The Morgan fingerprint density at radius 3 is 2.70 bits per heavy atom. The molecule has 0 saturated carbocycles. The molecule has 2 aromatic carbocycles. The standard InChI is InChI=1S/C24H28N6O3/c1-16-8-10-19(11-9-16)30-21(31)13-26-23(28-30)24(33)27-20-7-3-2-5-17(20)14-29-12-4-6-18(15-29)22(25)32/h2-3,5,7-11,18H,4,6,12-15H2,1H3,(H2,25,32)(H,26,28)(H,27,33). The summed E-state index contributed by atoms with van der Waals surface area (Å²) in [6, 6.07) is 15.0. The lowest BCUT2D eigenvalue weighted by atomic mass is 9.97. The van der Waals surface area contributed by atoms with Crippen molar-refractivity contribution in [2.45, 2.75) is 26.3 Å². The number of aryl methyl sites for hydroxylation is 1. The smallest absolute Gasteiger partial charge is 0.292 e. The molecule has 1 unspecified atom stereocenters. The number of likely N-dealkylation sites (tertiary alicyclic amines) is 1. The predicted molar refractivity (Wildman–Crippen MR) is 126 cm³/mol. The Balaban J connectivity index is 1.45. The van der Waals surface area contributed by atoms with Gasteiger partial charge < -0.3 is 11.1 Å². The average molecular weight is 449 g/mol. The molecule has 9 nitrogen and oxygen atoms in total. The number of para-hydroxylation sites is 1. The number of nitrogens with zero attached hydrogens (tertiary/aromatic N) is 3. The number of rotatable bonds is 6. The minimum Gasteiger partial charge on any atom is -0.369 e. The Kier molecular flexibility index (Phi) is 6.69. The fraction of sp³-hybridized carbons (Fsp3) is 0.333.